The number of aryl methyl sites for hydroxylation is 2. The lowest BCUT2D eigenvalue weighted by atomic mass is 10.2. The van der Waals surface area contributed by atoms with Gasteiger partial charge >= 0.3 is 0 Å². The molecular formula is C15H18N4. The van der Waals surface area contributed by atoms with E-state index in [4.69, 9.17) is 0 Å². The highest BCUT2D eigenvalue weighted by molar-refractivity contribution is 5.58. The van der Waals surface area contributed by atoms with E-state index in [1.807, 2.05) is 25.1 Å². The monoisotopic (exact) mass is 254 g/mol. The Hall–Kier alpha value is -2.36. The largest absolute Gasteiger partial charge is 0.351 e. The lowest BCUT2D eigenvalue weighted by molar-refractivity contribution is 1.08. The van der Waals surface area contributed by atoms with E-state index in [1.165, 1.54) is 5.56 Å². The van der Waals surface area contributed by atoms with Gasteiger partial charge in [-0.05, 0) is 31.5 Å². The molecule has 1 heterocycles. The number of nitrogens with zero attached hydrogens (tertiary/aromatic N) is 2. The first-order valence-electron chi connectivity index (χ1n) is 6.21. The second-order valence-electron chi connectivity index (χ2n) is 4.38. The van der Waals surface area contributed by atoms with Crippen molar-refractivity contribution in [2.45, 2.75) is 13.8 Å². The van der Waals surface area contributed by atoms with Crippen LogP contribution in [0.5, 0.6) is 0 Å². The van der Waals surface area contributed by atoms with Crippen molar-refractivity contribution >= 4 is 17.5 Å². The highest BCUT2D eigenvalue weighted by atomic mass is 15.1. The molecule has 0 aliphatic heterocycles. The minimum Gasteiger partial charge on any atom is -0.351 e. The predicted molar refractivity (Wildman–Crippen MR) is 79.9 cm³/mol. The van der Waals surface area contributed by atoms with Gasteiger partial charge in [0, 0.05) is 24.0 Å². The van der Waals surface area contributed by atoms with Gasteiger partial charge in [-0.25, -0.2) is 4.98 Å². The lowest BCUT2D eigenvalue weighted by Crippen LogP contribution is -2.05. The Balaban J connectivity index is 2.19. The summed E-state index contributed by atoms with van der Waals surface area (Å²) in [6.07, 6.45) is 1.78. The van der Waals surface area contributed by atoms with Crippen LogP contribution < -0.4 is 10.6 Å². The second kappa shape index (κ2) is 6.00. The molecule has 4 nitrogen and oxygen atoms in total. The highest BCUT2D eigenvalue weighted by Gasteiger charge is 2.02. The van der Waals surface area contributed by atoms with E-state index in [9.17, 15) is 0 Å². The van der Waals surface area contributed by atoms with Gasteiger partial charge in [-0.2, -0.15) is 4.98 Å². The minimum atomic E-state index is 0.607. The Labute approximate surface area is 113 Å². The zero-order valence-corrected chi connectivity index (χ0v) is 11.3. The van der Waals surface area contributed by atoms with Gasteiger partial charge in [0.1, 0.15) is 5.82 Å². The van der Waals surface area contributed by atoms with Crippen molar-refractivity contribution in [1.82, 2.24) is 9.97 Å². The third-order valence-electron chi connectivity index (χ3n) is 2.55. The Morgan fingerprint density at radius 3 is 2.79 bits per heavy atom. The SMILES string of the molecule is C=CCNc1nc(C)cc(Nc2cccc(C)c2)n1. The maximum Gasteiger partial charge on any atom is 0.225 e. The van der Waals surface area contributed by atoms with Crippen LogP contribution in [0.2, 0.25) is 0 Å². The van der Waals surface area contributed by atoms with Crippen molar-refractivity contribution < 1.29 is 0 Å². The summed E-state index contributed by atoms with van der Waals surface area (Å²) >= 11 is 0. The van der Waals surface area contributed by atoms with Crippen LogP contribution in [0.25, 0.3) is 0 Å². The number of aromatic nitrogens is 2. The number of benzene rings is 1. The second-order valence-corrected chi connectivity index (χ2v) is 4.38. The lowest BCUT2D eigenvalue weighted by Gasteiger charge is -2.09. The van der Waals surface area contributed by atoms with Gasteiger partial charge in [0.25, 0.3) is 0 Å². The molecule has 19 heavy (non-hydrogen) atoms. The van der Waals surface area contributed by atoms with Crippen molar-refractivity contribution in [3.05, 3.63) is 54.2 Å². The molecule has 2 rings (SSSR count). The Morgan fingerprint density at radius 1 is 1.21 bits per heavy atom. The van der Waals surface area contributed by atoms with Gasteiger partial charge in [-0.3, -0.25) is 0 Å². The van der Waals surface area contributed by atoms with E-state index in [-0.39, 0.29) is 0 Å². The van der Waals surface area contributed by atoms with Crippen LogP contribution in [0.15, 0.2) is 43.0 Å². The average molecular weight is 254 g/mol. The van der Waals surface area contributed by atoms with E-state index in [0.717, 1.165) is 17.2 Å². The topological polar surface area (TPSA) is 49.8 Å². The summed E-state index contributed by atoms with van der Waals surface area (Å²) in [5.41, 5.74) is 3.14. The molecule has 4 heteroatoms. The normalized spacial score (nSPS) is 10.0. The Morgan fingerprint density at radius 2 is 2.05 bits per heavy atom. The average Bonchev–Trinajstić information content (AvgIpc) is 2.35. The number of hydrogen-bond donors (Lipinski definition) is 2. The molecule has 1 aromatic carbocycles. The molecule has 0 aliphatic rings. The van der Waals surface area contributed by atoms with Crippen molar-refractivity contribution in [1.29, 1.82) is 0 Å². The first-order valence-corrected chi connectivity index (χ1v) is 6.21. The highest BCUT2D eigenvalue weighted by Crippen LogP contribution is 2.17. The summed E-state index contributed by atoms with van der Waals surface area (Å²) in [5.74, 6) is 1.39. The van der Waals surface area contributed by atoms with Gasteiger partial charge < -0.3 is 10.6 Å². The molecule has 0 bridgehead atoms. The summed E-state index contributed by atoms with van der Waals surface area (Å²) in [6, 6.07) is 10.1. The van der Waals surface area contributed by atoms with Crippen molar-refractivity contribution in [2.75, 3.05) is 17.2 Å². The maximum atomic E-state index is 4.41. The Bertz CT molecular complexity index is 578. The van der Waals surface area contributed by atoms with Crippen molar-refractivity contribution in [2.24, 2.45) is 0 Å². The predicted octanol–water partition coefficient (Wildman–Crippen LogP) is 3.43. The van der Waals surface area contributed by atoms with Crippen LogP contribution >= 0.6 is 0 Å². The smallest absolute Gasteiger partial charge is 0.225 e. The van der Waals surface area contributed by atoms with Crippen LogP contribution in [-0.4, -0.2) is 16.5 Å². The van der Waals surface area contributed by atoms with Crippen molar-refractivity contribution in [3.8, 4) is 0 Å². The molecule has 2 aromatic rings. The van der Waals surface area contributed by atoms with Crippen molar-refractivity contribution in [3.63, 3.8) is 0 Å². The van der Waals surface area contributed by atoms with E-state index in [1.54, 1.807) is 6.08 Å². The van der Waals surface area contributed by atoms with Gasteiger partial charge in [0.05, 0.1) is 0 Å². The number of rotatable bonds is 5. The molecule has 0 atom stereocenters. The summed E-state index contributed by atoms with van der Waals surface area (Å²) in [4.78, 5) is 8.74. The number of nitrogens with one attached hydrogen (secondary N) is 2. The molecule has 0 radical (unpaired) electrons. The number of hydrogen-bond acceptors (Lipinski definition) is 4. The molecule has 0 aliphatic carbocycles. The molecule has 0 saturated carbocycles. The van der Waals surface area contributed by atoms with E-state index < -0.39 is 0 Å². The molecule has 0 fully saturated rings. The maximum absolute atomic E-state index is 4.41. The zero-order valence-electron chi connectivity index (χ0n) is 11.3. The van der Waals surface area contributed by atoms with Crippen LogP contribution in [0.1, 0.15) is 11.3 Å². The van der Waals surface area contributed by atoms with E-state index in [0.29, 0.717) is 12.5 Å². The molecule has 0 unspecified atom stereocenters. The molecule has 98 valence electrons. The molecule has 0 spiro atoms. The van der Waals surface area contributed by atoms with Gasteiger partial charge in [0.2, 0.25) is 5.95 Å². The van der Waals surface area contributed by atoms with Gasteiger partial charge in [-0.1, -0.05) is 18.2 Å². The molecule has 0 saturated heterocycles. The zero-order chi connectivity index (χ0) is 13.7. The van der Waals surface area contributed by atoms with E-state index in [2.05, 4.69) is 46.2 Å². The summed E-state index contributed by atoms with van der Waals surface area (Å²) in [7, 11) is 0. The molecule has 0 amide bonds. The van der Waals surface area contributed by atoms with Gasteiger partial charge in [0.15, 0.2) is 0 Å². The fourth-order valence-electron chi connectivity index (χ4n) is 1.75. The number of anilines is 3. The van der Waals surface area contributed by atoms with Crippen LogP contribution in [0, 0.1) is 13.8 Å². The van der Waals surface area contributed by atoms with E-state index >= 15 is 0 Å². The van der Waals surface area contributed by atoms with Gasteiger partial charge in [-0.15, -0.1) is 6.58 Å². The standard InChI is InChI=1S/C15H18N4/c1-4-8-16-15-17-12(3)10-14(19-15)18-13-7-5-6-11(2)9-13/h4-7,9-10H,1,8H2,2-3H3,(H2,16,17,18,19). The fourth-order valence-corrected chi connectivity index (χ4v) is 1.75. The van der Waals surface area contributed by atoms with Crippen LogP contribution in [-0.2, 0) is 0 Å². The van der Waals surface area contributed by atoms with Crippen LogP contribution in [0.4, 0.5) is 17.5 Å². The van der Waals surface area contributed by atoms with Crippen LogP contribution in [0.3, 0.4) is 0 Å². The molecule has 1 aromatic heterocycles. The summed E-state index contributed by atoms with van der Waals surface area (Å²) < 4.78 is 0. The third kappa shape index (κ3) is 3.81. The first kappa shape index (κ1) is 13.1. The molecular weight excluding hydrogens is 236 g/mol. The quantitative estimate of drug-likeness (QED) is 0.802. The third-order valence-corrected chi connectivity index (χ3v) is 2.55. The molecule has 2 N–H and O–H groups in total. The minimum absolute atomic E-state index is 0.607. The summed E-state index contributed by atoms with van der Waals surface area (Å²) in [6.45, 7) is 8.32. The fraction of sp³-hybridized carbons (Fsp3) is 0.200. The first-order chi connectivity index (χ1) is 9.17. The summed E-state index contributed by atoms with van der Waals surface area (Å²) in [5, 5.41) is 6.38. The Kier molecular flexibility index (Phi) is 4.13.